The molecule has 0 saturated heterocycles. The van der Waals surface area contributed by atoms with E-state index >= 15 is 0 Å². The van der Waals surface area contributed by atoms with E-state index in [1.165, 1.54) is 0 Å². The van der Waals surface area contributed by atoms with Crippen LogP contribution in [-0.2, 0) is 15.6 Å². The fraction of sp³-hybridized carbons (Fsp3) is 0.438. The number of hydrogen-bond acceptors (Lipinski definition) is 3. The second-order valence-electron chi connectivity index (χ2n) is 5.80. The first-order valence-electron chi connectivity index (χ1n) is 6.91. The molecule has 22 heavy (non-hydrogen) atoms. The Morgan fingerprint density at radius 3 is 2.27 bits per heavy atom. The van der Waals surface area contributed by atoms with Gasteiger partial charge in [0, 0.05) is 5.69 Å². The lowest BCUT2D eigenvalue weighted by atomic mass is 10.2. The van der Waals surface area contributed by atoms with Crippen LogP contribution < -0.4 is 10.6 Å². The first-order chi connectivity index (χ1) is 10.2. The van der Waals surface area contributed by atoms with Crippen LogP contribution in [0.5, 0.6) is 0 Å². The van der Waals surface area contributed by atoms with Gasteiger partial charge in [-0.15, -0.1) is 5.92 Å². The molecule has 6 heteroatoms. The zero-order chi connectivity index (χ0) is 16.8. The first-order valence-corrected chi connectivity index (χ1v) is 8.56. The molecule has 120 valence electrons. The Morgan fingerprint density at radius 2 is 1.77 bits per heavy atom. The minimum Gasteiger partial charge on any atom is -0.327 e. The summed E-state index contributed by atoms with van der Waals surface area (Å²) < 4.78 is 23.5. The second kappa shape index (κ2) is 7.32. The van der Waals surface area contributed by atoms with E-state index in [-0.39, 0.29) is 18.3 Å². The van der Waals surface area contributed by atoms with Crippen molar-refractivity contribution in [1.82, 2.24) is 5.32 Å². The molecule has 1 rings (SSSR count). The van der Waals surface area contributed by atoms with Gasteiger partial charge in [0.1, 0.15) is 0 Å². The lowest BCUT2D eigenvalue weighted by Gasteiger charge is -2.19. The van der Waals surface area contributed by atoms with Crippen molar-refractivity contribution in [3.05, 3.63) is 29.8 Å². The summed E-state index contributed by atoms with van der Waals surface area (Å²) in [5, 5.41) is 5.24. The highest BCUT2D eigenvalue weighted by Crippen LogP contribution is 2.21. The topological polar surface area (TPSA) is 75.3 Å². The van der Waals surface area contributed by atoms with E-state index in [4.69, 9.17) is 0 Å². The molecule has 0 heterocycles. The Balaban J connectivity index is 2.67. The number of carbonyl (C=O) groups is 1. The second-order valence-corrected chi connectivity index (χ2v) is 8.55. The fourth-order valence-electron chi connectivity index (χ4n) is 1.51. The van der Waals surface area contributed by atoms with Gasteiger partial charge in [-0.2, -0.15) is 0 Å². The van der Waals surface area contributed by atoms with Gasteiger partial charge in [-0.25, -0.2) is 13.2 Å². The summed E-state index contributed by atoms with van der Waals surface area (Å²) in [6.45, 7) is 7.03. The van der Waals surface area contributed by atoms with Crippen LogP contribution >= 0.6 is 0 Å². The molecule has 0 radical (unpaired) electrons. The van der Waals surface area contributed by atoms with Crippen molar-refractivity contribution in [2.45, 2.75) is 38.2 Å². The molecule has 1 aromatic carbocycles. The normalized spacial score (nSPS) is 11.3. The molecule has 0 atom stereocenters. The Hall–Kier alpha value is -2.00. The number of nitrogens with one attached hydrogen (secondary N) is 2. The molecule has 0 aliphatic heterocycles. The smallest absolute Gasteiger partial charge is 0.319 e. The lowest BCUT2D eigenvalue weighted by Crippen LogP contribution is -2.29. The number of carbonyl (C=O) groups excluding carboxylic acids is 1. The van der Waals surface area contributed by atoms with Gasteiger partial charge in [-0.1, -0.05) is 18.1 Å². The number of amides is 2. The third-order valence-corrected chi connectivity index (χ3v) is 5.60. The number of rotatable bonds is 4. The molecule has 5 nitrogen and oxygen atoms in total. The maximum Gasteiger partial charge on any atom is 0.319 e. The Morgan fingerprint density at radius 1 is 1.18 bits per heavy atom. The molecule has 2 amide bonds. The number of sulfone groups is 1. The lowest BCUT2D eigenvalue weighted by molar-refractivity contribution is 0.253. The molecule has 0 aliphatic carbocycles. The van der Waals surface area contributed by atoms with Crippen LogP contribution in [0, 0.1) is 11.8 Å². The molecule has 0 aromatic heterocycles. The summed E-state index contributed by atoms with van der Waals surface area (Å²) >= 11 is 0. The van der Waals surface area contributed by atoms with E-state index in [0.717, 1.165) is 0 Å². The molecular weight excluding hydrogens is 300 g/mol. The third-order valence-electron chi connectivity index (χ3n) is 3.02. The SMILES string of the molecule is CC#CCNC(=O)Nc1ccc(CS(=O)(=O)C(C)(C)C)cc1. The number of hydrogen-bond donors (Lipinski definition) is 2. The van der Waals surface area contributed by atoms with E-state index < -0.39 is 14.6 Å². The molecular formula is C16H22N2O3S. The highest BCUT2D eigenvalue weighted by Gasteiger charge is 2.28. The molecule has 0 unspecified atom stereocenters. The van der Waals surface area contributed by atoms with Crippen molar-refractivity contribution in [3.8, 4) is 11.8 Å². The van der Waals surface area contributed by atoms with Gasteiger partial charge in [0.2, 0.25) is 0 Å². The first kappa shape index (κ1) is 18.1. The summed E-state index contributed by atoms with van der Waals surface area (Å²) in [7, 11) is -3.22. The standard InChI is InChI=1S/C16H22N2O3S/c1-5-6-11-17-15(19)18-14-9-7-13(8-10-14)12-22(20,21)16(2,3)4/h7-10H,11-12H2,1-4H3,(H2,17,18,19). The number of anilines is 1. The van der Waals surface area contributed by atoms with Crippen LogP contribution in [0.3, 0.4) is 0 Å². The van der Waals surface area contributed by atoms with E-state index in [1.54, 1.807) is 52.0 Å². The fourth-order valence-corrected chi connectivity index (χ4v) is 2.57. The number of urea groups is 1. The van der Waals surface area contributed by atoms with Crippen LogP contribution in [0.4, 0.5) is 10.5 Å². The van der Waals surface area contributed by atoms with Crippen molar-refractivity contribution in [2.75, 3.05) is 11.9 Å². The Labute approximate surface area is 132 Å². The monoisotopic (exact) mass is 322 g/mol. The van der Waals surface area contributed by atoms with E-state index in [1.807, 2.05) is 0 Å². The highest BCUT2D eigenvalue weighted by atomic mass is 32.2. The van der Waals surface area contributed by atoms with E-state index in [2.05, 4.69) is 22.5 Å². The molecule has 0 aliphatic rings. The van der Waals surface area contributed by atoms with Gasteiger partial charge >= 0.3 is 6.03 Å². The van der Waals surface area contributed by atoms with Gasteiger partial charge in [-0.05, 0) is 45.4 Å². The zero-order valence-electron chi connectivity index (χ0n) is 13.4. The van der Waals surface area contributed by atoms with Crippen LogP contribution in [0.15, 0.2) is 24.3 Å². The van der Waals surface area contributed by atoms with Gasteiger partial charge < -0.3 is 10.6 Å². The summed E-state index contributed by atoms with van der Waals surface area (Å²) in [5.74, 6) is 5.39. The molecule has 0 fully saturated rings. The van der Waals surface area contributed by atoms with Crippen molar-refractivity contribution in [1.29, 1.82) is 0 Å². The van der Waals surface area contributed by atoms with Crippen LogP contribution in [0.25, 0.3) is 0 Å². The van der Waals surface area contributed by atoms with Gasteiger partial charge in [-0.3, -0.25) is 0 Å². The molecule has 0 saturated carbocycles. The third kappa shape index (κ3) is 5.41. The predicted octanol–water partition coefficient (Wildman–Crippen LogP) is 2.54. The van der Waals surface area contributed by atoms with Gasteiger partial charge in [0.25, 0.3) is 0 Å². The van der Waals surface area contributed by atoms with Crippen molar-refractivity contribution < 1.29 is 13.2 Å². The van der Waals surface area contributed by atoms with Crippen LogP contribution in [0.1, 0.15) is 33.3 Å². The van der Waals surface area contributed by atoms with Gasteiger partial charge in [0.05, 0.1) is 17.0 Å². The summed E-state index contributed by atoms with van der Waals surface area (Å²) in [6.07, 6.45) is 0. The average molecular weight is 322 g/mol. The molecule has 1 aromatic rings. The maximum absolute atomic E-state index is 12.1. The van der Waals surface area contributed by atoms with E-state index in [0.29, 0.717) is 11.3 Å². The molecule has 0 bridgehead atoms. The van der Waals surface area contributed by atoms with Crippen LogP contribution in [0.2, 0.25) is 0 Å². The highest BCUT2D eigenvalue weighted by molar-refractivity contribution is 7.91. The summed E-state index contributed by atoms with van der Waals surface area (Å²) in [6, 6.07) is 6.41. The molecule has 2 N–H and O–H groups in total. The predicted molar refractivity (Wildman–Crippen MR) is 89.3 cm³/mol. The van der Waals surface area contributed by atoms with Crippen molar-refractivity contribution >= 4 is 21.6 Å². The zero-order valence-corrected chi connectivity index (χ0v) is 14.2. The molecule has 0 spiro atoms. The van der Waals surface area contributed by atoms with Crippen LogP contribution in [-0.4, -0.2) is 25.7 Å². The minimum absolute atomic E-state index is 0.0188. The quantitative estimate of drug-likeness (QED) is 0.837. The Bertz CT molecular complexity index is 675. The maximum atomic E-state index is 12.1. The average Bonchev–Trinajstić information content (AvgIpc) is 2.40. The Kier molecular flexibility index (Phi) is 6.01. The van der Waals surface area contributed by atoms with Gasteiger partial charge in [0.15, 0.2) is 9.84 Å². The van der Waals surface area contributed by atoms with Crippen molar-refractivity contribution in [3.63, 3.8) is 0 Å². The van der Waals surface area contributed by atoms with E-state index in [9.17, 15) is 13.2 Å². The van der Waals surface area contributed by atoms with Crippen molar-refractivity contribution in [2.24, 2.45) is 0 Å². The summed E-state index contributed by atoms with van der Waals surface area (Å²) in [4.78, 5) is 11.5. The minimum atomic E-state index is -3.22. The number of benzene rings is 1. The summed E-state index contributed by atoms with van der Waals surface area (Å²) in [5.41, 5.74) is 1.29. The largest absolute Gasteiger partial charge is 0.327 e.